The second-order valence-electron chi connectivity index (χ2n) is 3.72. The zero-order valence-electron chi connectivity index (χ0n) is 10.3. The molecule has 0 bridgehead atoms. The maximum atomic E-state index is 11.7. The third kappa shape index (κ3) is 4.67. The number of nitrogens with zero attached hydrogens (tertiary/aromatic N) is 1. The van der Waals surface area contributed by atoms with Crippen LogP contribution < -0.4 is 5.32 Å². The van der Waals surface area contributed by atoms with Crippen molar-refractivity contribution in [3.63, 3.8) is 0 Å². The topological polar surface area (TPSA) is 69.6 Å². The summed E-state index contributed by atoms with van der Waals surface area (Å²) in [6.07, 6.45) is 1.92. The summed E-state index contributed by atoms with van der Waals surface area (Å²) in [6, 6.07) is 7.15. The van der Waals surface area contributed by atoms with E-state index in [-0.39, 0.29) is 19.0 Å². The lowest BCUT2D eigenvalue weighted by Gasteiger charge is -2.16. The number of carboxylic acids is 1. The van der Waals surface area contributed by atoms with Crippen molar-refractivity contribution in [2.75, 3.05) is 25.2 Å². The van der Waals surface area contributed by atoms with E-state index in [0.717, 1.165) is 4.90 Å². The summed E-state index contributed by atoms with van der Waals surface area (Å²) in [5, 5.41) is 11.2. The highest BCUT2D eigenvalue weighted by Crippen LogP contribution is 2.17. The molecule has 1 rings (SSSR count). The van der Waals surface area contributed by atoms with Gasteiger partial charge in [0.25, 0.3) is 0 Å². The first-order valence-electron chi connectivity index (χ1n) is 5.41. The van der Waals surface area contributed by atoms with Crippen molar-refractivity contribution in [3.8, 4) is 0 Å². The van der Waals surface area contributed by atoms with E-state index in [2.05, 4.69) is 5.32 Å². The molecule has 1 aromatic carbocycles. The van der Waals surface area contributed by atoms with Gasteiger partial charge in [0.1, 0.15) is 0 Å². The van der Waals surface area contributed by atoms with Gasteiger partial charge in [0.2, 0.25) is 0 Å². The minimum Gasteiger partial charge on any atom is -0.481 e. The summed E-state index contributed by atoms with van der Waals surface area (Å²) in [7, 11) is 1.56. The van der Waals surface area contributed by atoms with Crippen LogP contribution in [0.1, 0.15) is 6.42 Å². The van der Waals surface area contributed by atoms with E-state index < -0.39 is 5.97 Å². The van der Waals surface area contributed by atoms with Crippen molar-refractivity contribution in [2.45, 2.75) is 11.3 Å². The first-order valence-corrected chi connectivity index (χ1v) is 6.63. The van der Waals surface area contributed by atoms with Crippen molar-refractivity contribution < 1.29 is 14.7 Å². The molecule has 2 amide bonds. The SMILES string of the molecule is CSc1ccc(NC(=O)N(C)CCC(=O)O)cc1. The Kier molecular flexibility index (Phi) is 5.51. The number of rotatable bonds is 5. The van der Waals surface area contributed by atoms with Gasteiger partial charge in [-0.05, 0) is 30.5 Å². The monoisotopic (exact) mass is 268 g/mol. The number of carbonyl (C=O) groups is 2. The number of nitrogens with one attached hydrogen (secondary N) is 1. The quantitative estimate of drug-likeness (QED) is 0.804. The predicted molar refractivity (Wildman–Crippen MR) is 72.1 cm³/mol. The second kappa shape index (κ2) is 6.90. The molecule has 98 valence electrons. The van der Waals surface area contributed by atoms with Crippen LogP contribution in [0.4, 0.5) is 10.5 Å². The van der Waals surface area contributed by atoms with Crippen molar-refractivity contribution in [1.29, 1.82) is 0 Å². The minimum absolute atomic E-state index is 0.0602. The first-order chi connectivity index (χ1) is 8.52. The molecule has 0 aromatic heterocycles. The molecule has 2 N–H and O–H groups in total. The second-order valence-corrected chi connectivity index (χ2v) is 4.60. The molecular formula is C12H16N2O3S. The average molecular weight is 268 g/mol. The largest absolute Gasteiger partial charge is 0.481 e. The van der Waals surface area contributed by atoms with E-state index in [1.54, 1.807) is 18.8 Å². The summed E-state index contributed by atoms with van der Waals surface area (Å²) < 4.78 is 0. The fourth-order valence-corrected chi connectivity index (χ4v) is 1.67. The molecule has 6 heteroatoms. The van der Waals surface area contributed by atoms with E-state index in [9.17, 15) is 9.59 Å². The molecule has 0 radical (unpaired) electrons. The Bertz CT molecular complexity index is 420. The van der Waals surface area contributed by atoms with Gasteiger partial charge in [-0.25, -0.2) is 4.79 Å². The van der Waals surface area contributed by atoms with Gasteiger partial charge in [-0.15, -0.1) is 11.8 Å². The molecule has 0 heterocycles. The van der Waals surface area contributed by atoms with Crippen LogP contribution in [0, 0.1) is 0 Å². The number of aliphatic carboxylic acids is 1. The number of hydrogen-bond donors (Lipinski definition) is 2. The molecule has 0 spiro atoms. The number of benzene rings is 1. The van der Waals surface area contributed by atoms with Crippen LogP contribution >= 0.6 is 11.8 Å². The highest BCUT2D eigenvalue weighted by Gasteiger charge is 2.10. The van der Waals surface area contributed by atoms with Crippen LogP contribution in [0.5, 0.6) is 0 Å². The van der Waals surface area contributed by atoms with E-state index in [1.807, 2.05) is 30.5 Å². The van der Waals surface area contributed by atoms with Gasteiger partial charge in [0.15, 0.2) is 0 Å². The third-order valence-corrected chi connectivity index (χ3v) is 3.09. The van der Waals surface area contributed by atoms with Crippen molar-refractivity contribution in [2.24, 2.45) is 0 Å². The van der Waals surface area contributed by atoms with Crippen molar-refractivity contribution >= 4 is 29.4 Å². The molecule has 0 saturated heterocycles. The van der Waals surface area contributed by atoms with E-state index in [1.165, 1.54) is 4.90 Å². The number of hydrogen-bond acceptors (Lipinski definition) is 3. The number of carbonyl (C=O) groups excluding carboxylic acids is 1. The fraction of sp³-hybridized carbons (Fsp3) is 0.333. The van der Waals surface area contributed by atoms with Gasteiger partial charge in [0, 0.05) is 24.2 Å². The third-order valence-electron chi connectivity index (χ3n) is 2.35. The van der Waals surface area contributed by atoms with Gasteiger partial charge >= 0.3 is 12.0 Å². The Morgan fingerprint density at radius 2 is 1.94 bits per heavy atom. The highest BCUT2D eigenvalue weighted by atomic mass is 32.2. The molecular weight excluding hydrogens is 252 g/mol. The molecule has 0 unspecified atom stereocenters. The minimum atomic E-state index is -0.918. The fourth-order valence-electron chi connectivity index (χ4n) is 1.26. The highest BCUT2D eigenvalue weighted by molar-refractivity contribution is 7.98. The summed E-state index contributed by atoms with van der Waals surface area (Å²) in [6.45, 7) is 0.185. The summed E-state index contributed by atoms with van der Waals surface area (Å²) in [5.41, 5.74) is 0.694. The predicted octanol–water partition coefficient (Wildman–Crippen LogP) is 2.35. The Morgan fingerprint density at radius 3 is 2.44 bits per heavy atom. The lowest BCUT2D eigenvalue weighted by atomic mass is 10.3. The van der Waals surface area contributed by atoms with Gasteiger partial charge in [0.05, 0.1) is 6.42 Å². The standard InChI is InChI=1S/C12H16N2O3S/c1-14(8-7-11(15)16)12(17)13-9-3-5-10(18-2)6-4-9/h3-6H,7-8H2,1-2H3,(H,13,17)(H,15,16). The van der Waals surface area contributed by atoms with Crippen LogP contribution in [-0.4, -0.2) is 41.9 Å². The number of urea groups is 1. The van der Waals surface area contributed by atoms with Crippen molar-refractivity contribution in [3.05, 3.63) is 24.3 Å². The van der Waals surface area contributed by atoms with Crippen molar-refractivity contribution in [1.82, 2.24) is 4.90 Å². The zero-order valence-corrected chi connectivity index (χ0v) is 11.2. The van der Waals surface area contributed by atoms with E-state index in [0.29, 0.717) is 5.69 Å². The molecule has 0 aliphatic carbocycles. The number of thioether (sulfide) groups is 1. The number of amides is 2. The molecule has 0 atom stereocenters. The Labute approximate surface area is 110 Å². The molecule has 0 aliphatic heterocycles. The van der Waals surface area contributed by atoms with Crippen LogP contribution in [-0.2, 0) is 4.79 Å². The first kappa shape index (κ1) is 14.4. The maximum absolute atomic E-state index is 11.7. The molecule has 5 nitrogen and oxygen atoms in total. The smallest absolute Gasteiger partial charge is 0.321 e. The summed E-state index contributed by atoms with van der Waals surface area (Å²) in [4.78, 5) is 24.6. The van der Waals surface area contributed by atoms with Gasteiger partial charge in [-0.1, -0.05) is 0 Å². The maximum Gasteiger partial charge on any atom is 0.321 e. The average Bonchev–Trinajstić information content (AvgIpc) is 2.36. The lowest BCUT2D eigenvalue weighted by Crippen LogP contribution is -2.33. The van der Waals surface area contributed by atoms with Gasteiger partial charge in [-0.2, -0.15) is 0 Å². The number of carboxylic acid groups (broad SMARTS) is 1. The van der Waals surface area contributed by atoms with Crippen LogP contribution in [0.25, 0.3) is 0 Å². The van der Waals surface area contributed by atoms with Gasteiger partial charge < -0.3 is 15.3 Å². The summed E-state index contributed by atoms with van der Waals surface area (Å²) >= 11 is 1.63. The Hall–Kier alpha value is -1.69. The van der Waals surface area contributed by atoms with E-state index >= 15 is 0 Å². The van der Waals surface area contributed by atoms with E-state index in [4.69, 9.17) is 5.11 Å². The molecule has 0 saturated carbocycles. The molecule has 0 fully saturated rings. The Morgan fingerprint density at radius 1 is 1.33 bits per heavy atom. The van der Waals surface area contributed by atoms with Crippen LogP contribution in [0.2, 0.25) is 0 Å². The normalized spacial score (nSPS) is 9.89. The lowest BCUT2D eigenvalue weighted by molar-refractivity contribution is -0.137. The molecule has 0 aliphatic rings. The van der Waals surface area contributed by atoms with Crippen LogP contribution in [0.15, 0.2) is 29.2 Å². The molecule has 1 aromatic rings. The summed E-state index contributed by atoms with van der Waals surface area (Å²) in [5.74, 6) is -0.918. The van der Waals surface area contributed by atoms with Gasteiger partial charge in [-0.3, -0.25) is 4.79 Å². The molecule has 18 heavy (non-hydrogen) atoms. The number of anilines is 1. The Balaban J connectivity index is 2.49. The zero-order chi connectivity index (χ0) is 13.5. The van der Waals surface area contributed by atoms with Crippen LogP contribution in [0.3, 0.4) is 0 Å².